The number of fused-ring (bicyclic) bond motifs is 1. The molecule has 1 aliphatic carbocycles. The van der Waals surface area contributed by atoms with Gasteiger partial charge in [0.1, 0.15) is 5.60 Å². The van der Waals surface area contributed by atoms with Crippen LogP contribution >= 0.6 is 0 Å². The molecule has 164 valence electrons. The predicted molar refractivity (Wildman–Crippen MR) is 124 cm³/mol. The molecule has 5 nitrogen and oxygen atoms in total. The Morgan fingerprint density at radius 1 is 1.16 bits per heavy atom. The molecule has 1 aromatic carbocycles. The third-order valence-electron chi connectivity index (χ3n) is 5.93. The molecule has 0 bridgehead atoms. The molecule has 0 unspecified atom stereocenters. The number of nitrogens with zero attached hydrogens (tertiary/aromatic N) is 2. The lowest BCUT2D eigenvalue weighted by atomic mass is 10.00. The molecule has 1 amide bonds. The van der Waals surface area contributed by atoms with Gasteiger partial charge in [0.15, 0.2) is 0 Å². The van der Waals surface area contributed by atoms with E-state index in [2.05, 4.69) is 54.6 Å². The monoisotopic (exact) mass is 419 g/mol. The molecular weight excluding hydrogens is 386 g/mol. The van der Waals surface area contributed by atoms with Gasteiger partial charge in [-0.05, 0) is 64.7 Å². The summed E-state index contributed by atoms with van der Waals surface area (Å²) >= 11 is 0. The maximum Gasteiger partial charge on any atom is 0.255 e. The van der Waals surface area contributed by atoms with Crippen LogP contribution in [-0.4, -0.2) is 27.2 Å². The number of pyridine rings is 1. The van der Waals surface area contributed by atoms with Gasteiger partial charge in [0.25, 0.3) is 5.91 Å². The highest BCUT2D eigenvalue weighted by Gasteiger charge is 2.25. The fourth-order valence-corrected chi connectivity index (χ4v) is 4.28. The van der Waals surface area contributed by atoms with E-state index >= 15 is 0 Å². The van der Waals surface area contributed by atoms with Gasteiger partial charge in [-0.3, -0.25) is 4.79 Å². The Morgan fingerprint density at radius 3 is 2.48 bits per heavy atom. The summed E-state index contributed by atoms with van der Waals surface area (Å²) in [4.78, 5) is 13.0. The number of aryl methyl sites for hydroxylation is 2. The average molecular weight is 420 g/mol. The first kappa shape index (κ1) is 21.4. The Labute approximate surface area is 184 Å². The number of hydrogen-bond donors (Lipinski definition) is 1. The Balaban J connectivity index is 1.76. The minimum atomic E-state index is -0.388. The third kappa shape index (κ3) is 4.76. The topological polar surface area (TPSA) is 55.6 Å². The van der Waals surface area contributed by atoms with E-state index in [-0.39, 0.29) is 17.6 Å². The molecule has 0 aliphatic heterocycles. The smallest absolute Gasteiger partial charge is 0.255 e. The largest absolute Gasteiger partial charge is 0.472 e. The molecule has 4 rings (SSSR count). The van der Waals surface area contributed by atoms with Crippen LogP contribution in [0.25, 0.3) is 5.52 Å². The minimum absolute atomic E-state index is 0.0470. The predicted octanol–water partition coefficient (Wildman–Crippen LogP) is 5.39. The summed E-state index contributed by atoms with van der Waals surface area (Å²) in [5.41, 5.74) is 5.67. The highest BCUT2D eigenvalue weighted by molar-refractivity contribution is 6.01. The second kappa shape index (κ2) is 8.37. The van der Waals surface area contributed by atoms with E-state index in [1.807, 2.05) is 20.8 Å². The Bertz CT molecular complexity index is 1080. The van der Waals surface area contributed by atoms with Gasteiger partial charge in [0, 0.05) is 18.0 Å². The average Bonchev–Trinajstić information content (AvgIpc) is 3.34. The molecule has 31 heavy (non-hydrogen) atoms. The number of hydrogen-bond acceptors (Lipinski definition) is 3. The van der Waals surface area contributed by atoms with Crippen LogP contribution in [0.4, 0.5) is 0 Å². The van der Waals surface area contributed by atoms with Crippen LogP contribution in [0.2, 0.25) is 0 Å². The van der Waals surface area contributed by atoms with Gasteiger partial charge >= 0.3 is 0 Å². The van der Waals surface area contributed by atoms with Crippen molar-refractivity contribution < 1.29 is 9.53 Å². The minimum Gasteiger partial charge on any atom is -0.472 e. The number of carbonyl (C=O) groups is 1. The second-order valence-corrected chi connectivity index (χ2v) is 9.80. The summed E-state index contributed by atoms with van der Waals surface area (Å²) in [6, 6.07) is 10.9. The molecule has 3 aromatic rings. The lowest BCUT2D eigenvalue weighted by Gasteiger charge is -2.25. The van der Waals surface area contributed by atoms with Crippen molar-refractivity contribution in [3.8, 4) is 5.88 Å². The van der Waals surface area contributed by atoms with E-state index in [0.717, 1.165) is 35.9 Å². The maximum atomic E-state index is 13.0. The molecule has 1 fully saturated rings. The Morgan fingerprint density at radius 2 is 1.84 bits per heavy atom. The van der Waals surface area contributed by atoms with Gasteiger partial charge in [0.05, 0.1) is 17.3 Å². The number of amides is 1. The Hall–Kier alpha value is -2.82. The first-order valence-electron chi connectivity index (χ1n) is 11.3. The maximum absolute atomic E-state index is 13.0. The lowest BCUT2D eigenvalue weighted by Crippen LogP contribution is -2.32. The summed E-state index contributed by atoms with van der Waals surface area (Å²) < 4.78 is 8.22. The highest BCUT2D eigenvalue weighted by Crippen LogP contribution is 2.31. The summed E-state index contributed by atoms with van der Waals surface area (Å²) in [6.07, 6.45) is 6.91. The SMILES string of the molecule is Cc1ccc(Cc2c(C)cc3c(C(=O)NC4CCCC4)cnn3c2OC(C)(C)C)cc1. The molecule has 2 heterocycles. The number of aromatic nitrogens is 2. The van der Waals surface area contributed by atoms with Crippen molar-refractivity contribution in [2.24, 2.45) is 0 Å². The molecule has 1 N–H and O–H groups in total. The van der Waals surface area contributed by atoms with E-state index in [9.17, 15) is 4.79 Å². The number of nitrogens with one attached hydrogen (secondary N) is 1. The number of rotatable bonds is 5. The summed E-state index contributed by atoms with van der Waals surface area (Å²) in [6.45, 7) is 10.3. The van der Waals surface area contributed by atoms with Crippen molar-refractivity contribution in [1.82, 2.24) is 14.9 Å². The van der Waals surface area contributed by atoms with Crippen molar-refractivity contribution in [2.45, 2.75) is 78.4 Å². The van der Waals surface area contributed by atoms with Gasteiger partial charge < -0.3 is 10.1 Å². The van der Waals surface area contributed by atoms with Gasteiger partial charge in [-0.25, -0.2) is 0 Å². The number of carbonyl (C=O) groups excluding carboxylic acids is 1. The van der Waals surface area contributed by atoms with Crippen LogP contribution in [0.3, 0.4) is 0 Å². The molecule has 0 radical (unpaired) electrons. The lowest BCUT2D eigenvalue weighted by molar-refractivity contribution is 0.0939. The standard InChI is InChI=1S/C26H33N3O2/c1-17-10-12-19(13-11-17)15-21-18(2)14-23-22(24(30)28-20-8-6-7-9-20)16-27-29(23)25(21)31-26(3,4)5/h10-14,16,20H,6-9,15H2,1-5H3,(H,28,30). The molecule has 0 atom stereocenters. The summed E-state index contributed by atoms with van der Waals surface area (Å²) in [5.74, 6) is 0.664. The number of benzene rings is 1. The van der Waals surface area contributed by atoms with Crippen LogP contribution in [-0.2, 0) is 6.42 Å². The van der Waals surface area contributed by atoms with E-state index < -0.39 is 0 Å². The van der Waals surface area contributed by atoms with Gasteiger partial charge in [-0.2, -0.15) is 9.61 Å². The zero-order valence-electron chi connectivity index (χ0n) is 19.3. The van der Waals surface area contributed by atoms with E-state index in [1.165, 1.54) is 24.0 Å². The van der Waals surface area contributed by atoms with Gasteiger partial charge in [-0.1, -0.05) is 42.7 Å². The van der Waals surface area contributed by atoms with Crippen LogP contribution in [0, 0.1) is 13.8 Å². The fourth-order valence-electron chi connectivity index (χ4n) is 4.28. The number of ether oxygens (including phenoxy) is 1. The Kier molecular flexibility index (Phi) is 5.78. The second-order valence-electron chi connectivity index (χ2n) is 9.80. The summed E-state index contributed by atoms with van der Waals surface area (Å²) in [7, 11) is 0. The quantitative estimate of drug-likeness (QED) is 0.603. The van der Waals surface area contributed by atoms with E-state index in [0.29, 0.717) is 11.4 Å². The van der Waals surface area contributed by atoms with Crippen LogP contribution in [0.15, 0.2) is 36.5 Å². The van der Waals surface area contributed by atoms with E-state index in [1.54, 1.807) is 10.7 Å². The van der Waals surface area contributed by atoms with Crippen molar-refractivity contribution in [2.75, 3.05) is 0 Å². The van der Waals surface area contributed by atoms with Crippen molar-refractivity contribution in [1.29, 1.82) is 0 Å². The van der Waals surface area contributed by atoms with Crippen molar-refractivity contribution >= 4 is 11.4 Å². The molecule has 0 spiro atoms. The molecular formula is C26H33N3O2. The normalized spacial score (nSPS) is 14.9. The van der Waals surface area contributed by atoms with Crippen LogP contribution < -0.4 is 10.1 Å². The summed E-state index contributed by atoms with van der Waals surface area (Å²) in [5, 5.41) is 7.77. The zero-order chi connectivity index (χ0) is 22.2. The van der Waals surface area contributed by atoms with Crippen LogP contribution in [0.5, 0.6) is 5.88 Å². The van der Waals surface area contributed by atoms with Crippen molar-refractivity contribution in [3.63, 3.8) is 0 Å². The van der Waals surface area contributed by atoms with Gasteiger partial charge in [-0.15, -0.1) is 0 Å². The third-order valence-corrected chi connectivity index (χ3v) is 5.93. The van der Waals surface area contributed by atoms with Crippen molar-refractivity contribution in [3.05, 3.63) is 64.3 Å². The highest BCUT2D eigenvalue weighted by atomic mass is 16.5. The molecule has 0 saturated heterocycles. The van der Waals surface area contributed by atoms with Gasteiger partial charge in [0.2, 0.25) is 5.88 Å². The first-order valence-corrected chi connectivity index (χ1v) is 11.3. The molecule has 1 saturated carbocycles. The molecule has 5 heteroatoms. The zero-order valence-corrected chi connectivity index (χ0v) is 19.3. The molecule has 1 aliphatic rings. The van der Waals surface area contributed by atoms with E-state index in [4.69, 9.17) is 4.74 Å². The van der Waals surface area contributed by atoms with Crippen LogP contribution in [0.1, 0.15) is 79.1 Å². The fraction of sp³-hybridized carbons (Fsp3) is 0.462. The molecule has 2 aromatic heterocycles. The first-order chi connectivity index (χ1) is 14.7.